The molecule has 5 rings (SSSR count). The molecule has 2 N–H and O–H groups in total. The van der Waals surface area contributed by atoms with Crippen molar-refractivity contribution in [2.24, 2.45) is 5.92 Å². The van der Waals surface area contributed by atoms with Gasteiger partial charge >= 0.3 is 5.97 Å². The molecule has 0 radical (unpaired) electrons. The minimum absolute atomic E-state index is 0.0862. The van der Waals surface area contributed by atoms with Crippen molar-refractivity contribution in [3.8, 4) is 5.75 Å². The number of ether oxygens (including phenoxy) is 2. The number of imidazole rings is 1. The van der Waals surface area contributed by atoms with Crippen LogP contribution < -0.4 is 4.74 Å². The first kappa shape index (κ1) is 24.1. The van der Waals surface area contributed by atoms with E-state index in [2.05, 4.69) is 9.97 Å². The van der Waals surface area contributed by atoms with Crippen molar-refractivity contribution >= 4 is 40.4 Å². The molecular weight excluding hydrogens is 484 g/mol. The van der Waals surface area contributed by atoms with Gasteiger partial charge in [0.1, 0.15) is 22.0 Å². The highest BCUT2D eigenvalue weighted by Crippen LogP contribution is 2.48. The second kappa shape index (κ2) is 9.78. The zero-order chi connectivity index (χ0) is 24.6. The molecule has 0 spiro atoms. The lowest BCUT2D eigenvalue weighted by atomic mass is 9.77. The van der Waals surface area contributed by atoms with Gasteiger partial charge < -0.3 is 19.6 Å². The number of hydrogen-bond acceptors (Lipinski definition) is 6. The number of para-hydroxylation sites is 1. The van der Waals surface area contributed by atoms with Gasteiger partial charge in [0.05, 0.1) is 23.2 Å². The normalized spacial score (nSPS) is 21.1. The number of nitrogens with one attached hydrogen (secondary N) is 1. The molecule has 2 aliphatic rings. The smallest absolute Gasteiger partial charge is 0.349 e. The second-order valence-corrected chi connectivity index (χ2v) is 10.9. The molecule has 2 heterocycles. The van der Waals surface area contributed by atoms with Gasteiger partial charge in [-0.3, -0.25) is 0 Å². The van der Waals surface area contributed by atoms with Crippen LogP contribution in [-0.2, 0) is 16.0 Å². The van der Waals surface area contributed by atoms with Gasteiger partial charge in [-0.15, -0.1) is 0 Å². The molecule has 2 aromatic carbocycles. The monoisotopic (exact) mass is 512 g/mol. The number of aryl methyl sites for hydroxylation is 2. The Labute approximate surface area is 214 Å². The van der Waals surface area contributed by atoms with Crippen molar-refractivity contribution in [1.29, 1.82) is 0 Å². The molecule has 1 fully saturated rings. The lowest BCUT2D eigenvalue weighted by Crippen LogP contribution is -2.45. The number of nitrogens with zero attached hydrogens (tertiary/aromatic N) is 1. The number of methoxy groups -OCH3 is 1. The minimum atomic E-state index is -0.724. The van der Waals surface area contributed by atoms with E-state index >= 15 is 0 Å². The van der Waals surface area contributed by atoms with Crippen molar-refractivity contribution in [2.45, 2.75) is 62.6 Å². The van der Waals surface area contributed by atoms with Crippen LogP contribution in [0.3, 0.4) is 0 Å². The molecule has 3 aromatic rings. The number of aliphatic hydroxyl groups is 1. The van der Waals surface area contributed by atoms with Crippen LogP contribution in [-0.4, -0.2) is 33.8 Å². The molecule has 0 bridgehead atoms. The second-order valence-electron chi connectivity index (χ2n) is 9.47. The number of aromatic nitrogens is 2. The summed E-state index contributed by atoms with van der Waals surface area (Å²) >= 11 is 7.46. The fourth-order valence-corrected chi connectivity index (χ4v) is 6.48. The number of fused-ring (bicyclic) bond motifs is 1. The number of esters is 1. The van der Waals surface area contributed by atoms with Gasteiger partial charge in [0, 0.05) is 6.42 Å². The van der Waals surface area contributed by atoms with E-state index in [-0.39, 0.29) is 16.6 Å². The highest BCUT2D eigenvalue weighted by molar-refractivity contribution is 8.03. The maximum Gasteiger partial charge on any atom is 0.349 e. The number of rotatable bonds is 7. The van der Waals surface area contributed by atoms with Gasteiger partial charge in [-0.1, -0.05) is 42.6 Å². The third-order valence-electron chi connectivity index (χ3n) is 7.25. The Bertz CT molecular complexity index is 1300. The van der Waals surface area contributed by atoms with Crippen LogP contribution in [0.25, 0.3) is 11.0 Å². The number of aliphatic hydroxyl groups excluding tert-OH is 1. The molecule has 1 saturated carbocycles. The van der Waals surface area contributed by atoms with Gasteiger partial charge in [-0.25, -0.2) is 9.78 Å². The molecule has 6 nitrogen and oxygen atoms in total. The van der Waals surface area contributed by atoms with Crippen molar-refractivity contribution in [3.63, 3.8) is 0 Å². The van der Waals surface area contributed by atoms with Crippen LogP contribution in [0.1, 0.15) is 49.7 Å². The maximum absolute atomic E-state index is 13.3. The zero-order valence-corrected chi connectivity index (χ0v) is 21.5. The molecule has 1 aromatic heterocycles. The van der Waals surface area contributed by atoms with Crippen molar-refractivity contribution in [3.05, 3.63) is 63.2 Å². The summed E-state index contributed by atoms with van der Waals surface area (Å²) in [6.07, 6.45) is 5.84. The lowest BCUT2D eigenvalue weighted by Gasteiger charge is -2.41. The SMILES string of the molecule is COc1ccc(CCC2(C3CCCC3)CC(O)=C(Sc3nc4c(C)cccc4[nH]3)C(=O)O2)cc1Cl. The Morgan fingerprint density at radius 1 is 1.29 bits per heavy atom. The van der Waals surface area contributed by atoms with Crippen molar-refractivity contribution < 1.29 is 19.4 Å². The number of halogens is 1. The standard InChI is InChI=1S/C27H29ClN2O4S/c1-16-6-5-9-20-23(16)30-26(29-20)35-24-21(31)15-27(34-25(24)32,18-7-3-4-8-18)13-12-17-10-11-22(33-2)19(28)14-17/h5-6,9-11,14,18,31H,3-4,7-8,12-13,15H2,1-2H3,(H,29,30). The van der Waals surface area contributed by atoms with E-state index in [1.54, 1.807) is 7.11 Å². The maximum atomic E-state index is 13.3. The van der Waals surface area contributed by atoms with Crippen LogP contribution in [0, 0.1) is 12.8 Å². The van der Waals surface area contributed by atoms with Gasteiger partial charge in [0.25, 0.3) is 0 Å². The molecular formula is C27H29ClN2O4S. The summed E-state index contributed by atoms with van der Waals surface area (Å²) < 4.78 is 11.5. The average Bonchev–Trinajstić information content (AvgIpc) is 3.51. The van der Waals surface area contributed by atoms with Gasteiger partial charge in [-0.2, -0.15) is 0 Å². The lowest BCUT2D eigenvalue weighted by molar-refractivity contribution is -0.166. The first-order valence-corrected chi connectivity index (χ1v) is 13.2. The highest BCUT2D eigenvalue weighted by Gasteiger charge is 2.48. The Morgan fingerprint density at radius 3 is 2.77 bits per heavy atom. The Kier molecular flexibility index (Phi) is 6.73. The molecule has 184 valence electrons. The topological polar surface area (TPSA) is 84.4 Å². The van der Waals surface area contributed by atoms with E-state index < -0.39 is 11.6 Å². The largest absolute Gasteiger partial charge is 0.511 e. The quantitative estimate of drug-likeness (QED) is 0.335. The molecule has 1 atom stereocenters. The van der Waals surface area contributed by atoms with Gasteiger partial charge in [0.15, 0.2) is 5.16 Å². The fraction of sp³-hybridized carbons (Fsp3) is 0.407. The number of aromatic amines is 1. The molecule has 1 aliphatic carbocycles. The van der Waals surface area contributed by atoms with E-state index in [9.17, 15) is 9.90 Å². The van der Waals surface area contributed by atoms with E-state index in [0.29, 0.717) is 35.2 Å². The van der Waals surface area contributed by atoms with Crippen LogP contribution in [0.15, 0.2) is 52.2 Å². The molecule has 0 saturated heterocycles. The third-order valence-corrected chi connectivity index (χ3v) is 8.54. The summed E-state index contributed by atoms with van der Waals surface area (Å²) in [5.41, 5.74) is 3.13. The summed E-state index contributed by atoms with van der Waals surface area (Å²) in [6.45, 7) is 2.00. The summed E-state index contributed by atoms with van der Waals surface area (Å²) in [5, 5.41) is 12.2. The summed E-state index contributed by atoms with van der Waals surface area (Å²) in [6, 6.07) is 11.6. The first-order valence-electron chi connectivity index (χ1n) is 12.0. The van der Waals surface area contributed by atoms with E-state index in [4.69, 9.17) is 21.1 Å². The number of carbonyl (C=O) groups excluding carboxylic acids is 1. The first-order chi connectivity index (χ1) is 16.9. The van der Waals surface area contributed by atoms with Gasteiger partial charge in [0.2, 0.25) is 0 Å². The van der Waals surface area contributed by atoms with E-state index in [1.807, 2.05) is 43.3 Å². The van der Waals surface area contributed by atoms with Crippen LogP contribution in [0.4, 0.5) is 0 Å². The van der Waals surface area contributed by atoms with E-state index in [1.165, 1.54) is 0 Å². The van der Waals surface area contributed by atoms with Crippen molar-refractivity contribution in [2.75, 3.05) is 7.11 Å². The zero-order valence-electron chi connectivity index (χ0n) is 19.9. The fourth-order valence-electron chi connectivity index (χ4n) is 5.39. The number of H-pyrrole nitrogens is 1. The Morgan fingerprint density at radius 2 is 2.09 bits per heavy atom. The Hall–Kier alpha value is -2.64. The molecule has 35 heavy (non-hydrogen) atoms. The molecule has 0 amide bonds. The predicted molar refractivity (Wildman–Crippen MR) is 138 cm³/mol. The Balaban J connectivity index is 1.40. The minimum Gasteiger partial charge on any atom is -0.511 e. The number of carbonyl (C=O) groups is 1. The summed E-state index contributed by atoms with van der Waals surface area (Å²) in [5.74, 6) is 0.467. The van der Waals surface area contributed by atoms with Crippen LogP contribution >= 0.6 is 23.4 Å². The van der Waals surface area contributed by atoms with Gasteiger partial charge in [-0.05, 0) is 79.6 Å². The molecule has 1 aliphatic heterocycles. The highest BCUT2D eigenvalue weighted by atomic mass is 35.5. The van der Waals surface area contributed by atoms with E-state index in [0.717, 1.165) is 59.6 Å². The number of thioether (sulfide) groups is 1. The van der Waals surface area contributed by atoms with Crippen molar-refractivity contribution in [1.82, 2.24) is 9.97 Å². The number of benzene rings is 2. The van der Waals surface area contributed by atoms with Crippen LogP contribution in [0.5, 0.6) is 5.75 Å². The summed E-state index contributed by atoms with van der Waals surface area (Å²) in [4.78, 5) is 21.3. The number of cyclic esters (lactones) is 1. The summed E-state index contributed by atoms with van der Waals surface area (Å²) in [7, 11) is 1.59. The number of hydrogen-bond donors (Lipinski definition) is 2. The third kappa shape index (κ3) is 4.76. The average molecular weight is 513 g/mol. The molecule has 8 heteroatoms. The van der Waals surface area contributed by atoms with Crippen LogP contribution in [0.2, 0.25) is 5.02 Å². The predicted octanol–water partition coefficient (Wildman–Crippen LogP) is 6.90. The molecule has 1 unspecified atom stereocenters.